The van der Waals surface area contributed by atoms with Crippen LogP contribution in [0.15, 0.2) is 30.6 Å². The van der Waals surface area contributed by atoms with Crippen LogP contribution in [0, 0.1) is 11.6 Å². The molecule has 1 aromatic carbocycles. The smallest absolute Gasteiger partial charge is 0.128 e. The second-order valence-corrected chi connectivity index (χ2v) is 6.11. The molecule has 124 valence electrons. The van der Waals surface area contributed by atoms with Gasteiger partial charge < -0.3 is 4.57 Å². The Morgan fingerprint density at radius 3 is 2.57 bits per heavy atom. The Bertz CT molecular complexity index is 662. The lowest BCUT2D eigenvalue weighted by Gasteiger charge is -2.38. The minimum absolute atomic E-state index is 0.124. The summed E-state index contributed by atoms with van der Waals surface area (Å²) in [6, 6.07) is 3.55. The first kappa shape index (κ1) is 16.1. The maximum Gasteiger partial charge on any atom is 0.128 e. The molecular weight excluding hydrogens is 298 g/mol. The van der Waals surface area contributed by atoms with E-state index in [0.717, 1.165) is 44.6 Å². The van der Waals surface area contributed by atoms with Crippen LogP contribution in [-0.4, -0.2) is 45.5 Å². The van der Waals surface area contributed by atoms with Crippen LogP contribution in [0.4, 0.5) is 8.78 Å². The normalized spacial score (nSPS) is 18.3. The fraction of sp³-hybridized carbons (Fsp3) is 0.471. The molecule has 6 heteroatoms. The van der Waals surface area contributed by atoms with Crippen molar-refractivity contribution in [3.63, 3.8) is 0 Å². The molecule has 23 heavy (non-hydrogen) atoms. The average molecular weight is 320 g/mol. The van der Waals surface area contributed by atoms with Gasteiger partial charge >= 0.3 is 0 Å². The molecule has 0 unspecified atom stereocenters. The lowest BCUT2D eigenvalue weighted by molar-refractivity contribution is 0.0942. The molecule has 3 rings (SSSR count). The summed E-state index contributed by atoms with van der Waals surface area (Å²) in [5.74, 6) is 0.318. The molecule has 1 aromatic heterocycles. The molecule has 0 amide bonds. The Balaban J connectivity index is 1.60. The Morgan fingerprint density at radius 1 is 1.17 bits per heavy atom. The lowest BCUT2D eigenvalue weighted by atomic mass is 10.1. The largest absolute Gasteiger partial charge is 0.337 e. The van der Waals surface area contributed by atoms with Crippen LogP contribution < -0.4 is 0 Å². The first-order chi connectivity index (χ1) is 11.0. The summed E-state index contributed by atoms with van der Waals surface area (Å²) in [6.45, 7) is 6.22. The molecule has 0 N–H and O–H groups in total. The number of nitrogens with zero attached hydrogens (tertiary/aromatic N) is 4. The van der Waals surface area contributed by atoms with Gasteiger partial charge in [0.25, 0.3) is 0 Å². The van der Waals surface area contributed by atoms with E-state index in [4.69, 9.17) is 0 Å². The molecule has 4 nitrogen and oxygen atoms in total. The molecule has 1 aliphatic heterocycles. The van der Waals surface area contributed by atoms with E-state index >= 15 is 0 Å². The van der Waals surface area contributed by atoms with Crippen LogP contribution >= 0.6 is 0 Å². The van der Waals surface area contributed by atoms with Crippen LogP contribution in [0.2, 0.25) is 0 Å². The number of hydrogen-bond donors (Lipinski definition) is 0. The third kappa shape index (κ3) is 3.59. The van der Waals surface area contributed by atoms with Crippen molar-refractivity contribution >= 4 is 0 Å². The van der Waals surface area contributed by atoms with Gasteiger partial charge in [0.2, 0.25) is 0 Å². The van der Waals surface area contributed by atoms with E-state index in [1.54, 1.807) is 6.20 Å². The summed E-state index contributed by atoms with van der Waals surface area (Å²) in [7, 11) is 1.99. The SMILES string of the molecule is C[C@@H](c1cc(F)ccc1F)N1CCN(Cc2nccn2C)CC1. The van der Waals surface area contributed by atoms with E-state index in [1.807, 2.05) is 24.7 Å². The van der Waals surface area contributed by atoms with Gasteiger partial charge in [-0.05, 0) is 25.1 Å². The topological polar surface area (TPSA) is 24.3 Å². The summed E-state index contributed by atoms with van der Waals surface area (Å²) in [5.41, 5.74) is 0.433. The molecule has 0 radical (unpaired) electrons. The third-order valence-corrected chi connectivity index (χ3v) is 4.65. The van der Waals surface area contributed by atoms with Gasteiger partial charge in [-0.3, -0.25) is 9.80 Å². The number of imidazole rings is 1. The summed E-state index contributed by atoms with van der Waals surface area (Å²) in [6.07, 6.45) is 3.75. The van der Waals surface area contributed by atoms with Gasteiger partial charge in [0, 0.05) is 57.2 Å². The maximum absolute atomic E-state index is 13.9. The molecule has 2 aromatic rings. The van der Waals surface area contributed by atoms with Crippen molar-refractivity contribution < 1.29 is 8.78 Å². The predicted molar refractivity (Wildman–Crippen MR) is 84.8 cm³/mol. The van der Waals surface area contributed by atoms with Crippen LogP contribution in [0.1, 0.15) is 24.4 Å². The molecule has 2 heterocycles. The number of benzene rings is 1. The quantitative estimate of drug-likeness (QED) is 0.865. The van der Waals surface area contributed by atoms with Crippen molar-refractivity contribution in [3.05, 3.63) is 53.6 Å². The van der Waals surface area contributed by atoms with Gasteiger partial charge in [-0.1, -0.05) is 0 Å². The summed E-state index contributed by atoms with van der Waals surface area (Å²) >= 11 is 0. The van der Waals surface area contributed by atoms with Crippen LogP contribution in [0.25, 0.3) is 0 Å². The molecule has 0 aliphatic carbocycles. The minimum Gasteiger partial charge on any atom is -0.337 e. The van der Waals surface area contributed by atoms with Crippen molar-refractivity contribution in [1.82, 2.24) is 19.4 Å². The zero-order chi connectivity index (χ0) is 16.4. The van der Waals surface area contributed by atoms with E-state index in [0.29, 0.717) is 5.56 Å². The fourth-order valence-electron chi connectivity index (χ4n) is 3.09. The van der Waals surface area contributed by atoms with Gasteiger partial charge in [0.1, 0.15) is 17.5 Å². The highest BCUT2D eigenvalue weighted by Gasteiger charge is 2.24. The van der Waals surface area contributed by atoms with E-state index < -0.39 is 0 Å². The molecular formula is C17H22F2N4. The van der Waals surface area contributed by atoms with E-state index in [-0.39, 0.29) is 17.7 Å². The zero-order valence-electron chi connectivity index (χ0n) is 13.5. The standard InChI is InChI=1S/C17H22F2N4/c1-13(15-11-14(18)3-4-16(15)19)23-9-7-22(8-10-23)12-17-20-5-6-21(17)2/h3-6,11,13H,7-10,12H2,1-2H3/t13-/m0/s1. The average Bonchev–Trinajstić information content (AvgIpc) is 2.95. The van der Waals surface area contributed by atoms with Crippen molar-refractivity contribution in [3.8, 4) is 0 Å². The van der Waals surface area contributed by atoms with Gasteiger partial charge in [0.05, 0.1) is 6.54 Å². The molecule has 1 fully saturated rings. The number of rotatable bonds is 4. The van der Waals surface area contributed by atoms with Crippen LogP contribution in [0.5, 0.6) is 0 Å². The number of aromatic nitrogens is 2. The summed E-state index contributed by atoms with van der Waals surface area (Å²) in [4.78, 5) is 8.89. The fourth-order valence-corrected chi connectivity index (χ4v) is 3.09. The van der Waals surface area contributed by atoms with E-state index in [2.05, 4.69) is 14.8 Å². The highest BCUT2D eigenvalue weighted by molar-refractivity contribution is 5.22. The van der Waals surface area contributed by atoms with Crippen LogP contribution in [0.3, 0.4) is 0 Å². The predicted octanol–water partition coefficient (Wildman–Crippen LogP) is 2.58. The van der Waals surface area contributed by atoms with Crippen LogP contribution in [-0.2, 0) is 13.6 Å². The monoisotopic (exact) mass is 320 g/mol. The molecule has 1 aliphatic rings. The second-order valence-electron chi connectivity index (χ2n) is 6.11. The van der Waals surface area contributed by atoms with Gasteiger partial charge in [-0.25, -0.2) is 13.8 Å². The highest BCUT2D eigenvalue weighted by Crippen LogP contribution is 2.25. The number of halogens is 2. The van der Waals surface area contributed by atoms with Gasteiger partial charge in [0.15, 0.2) is 0 Å². The summed E-state index contributed by atoms with van der Waals surface area (Å²) < 4.78 is 29.3. The Kier molecular flexibility index (Phi) is 4.73. The lowest BCUT2D eigenvalue weighted by Crippen LogP contribution is -2.47. The maximum atomic E-state index is 13.9. The molecule has 1 saturated heterocycles. The van der Waals surface area contributed by atoms with Crippen molar-refractivity contribution in [1.29, 1.82) is 0 Å². The van der Waals surface area contributed by atoms with Crippen molar-refractivity contribution in [2.75, 3.05) is 26.2 Å². The molecule has 0 saturated carbocycles. The molecule has 1 atom stereocenters. The molecule has 0 bridgehead atoms. The van der Waals surface area contributed by atoms with E-state index in [1.165, 1.54) is 12.1 Å². The van der Waals surface area contributed by atoms with Gasteiger partial charge in [-0.15, -0.1) is 0 Å². The van der Waals surface area contributed by atoms with Crippen molar-refractivity contribution in [2.45, 2.75) is 19.5 Å². The molecule has 0 spiro atoms. The first-order valence-electron chi connectivity index (χ1n) is 7.92. The minimum atomic E-state index is -0.387. The van der Waals surface area contributed by atoms with Crippen molar-refractivity contribution in [2.24, 2.45) is 7.05 Å². The number of piperazine rings is 1. The Labute approximate surface area is 135 Å². The zero-order valence-corrected chi connectivity index (χ0v) is 13.5. The Hall–Kier alpha value is -1.79. The van der Waals surface area contributed by atoms with Gasteiger partial charge in [-0.2, -0.15) is 0 Å². The second kappa shape index (κ2) is 6.76. The summed E-state index contributed by atoms with van der Waals surface area (Å²) in [5, 5.41) is 0. The first-order valence-corrected chi connectivity index (χ1v) is 7.92. The highest BCUT2D eigenvalue weighted by atomic mass is 19.1. The third-order valence-electron chi connectivity index (χ3n) is 4.65. The Morgan fingerprint density at radius 2 is 1.91 bits per heavy atom. The number of aryl methyl sites for hydroxylation is 1. The van der Waals surface area contributed by atoms with E-state index in [9.17, 15) is 8.78 Å². The number of hydrogen-bond acceptors (Lipinski definition) is 3.